The molecule has 0 fully saturated rings. The van der Waals surface area contributed by atoms with Gasteiger partial charge >= 0.3 is 12.4 Å². The van der Waals surface area contributed by atoms with Gasteiger partial charge < -0.3 is 31.0 Å². The predicted octanol–water partition coefficient (Wildman–Crippen LogP) is 0.688. The van der Waals surface area contributed by atoms with Crippen LogP contribution >= 0.6 is 0 Å². The molecule has 174 valence electrons. The fourth-order valence-electron chi connectivity index (χ4n) is 3.00. The van der Waals surface area contributed by atoms with E-state index in [1.165, 1.54) is 6.07 Å². The number of fused-ring (bicyclic) bond motifs is 1. The lowest BCUT2D eigenvalue weighted by atomic mass is 10.1. The van der Waals surface area contributed by atoms with Crippen molar-refractivity contribution in [2.75, 3.05) is 13.2 Å². The number of aryl methyl sites for hydroxylation is 1. The molecule has 11 nitrogen and oxygen atoms in total. The van der Waals surface area contributed by atoms with Gasteiger partial charge in [0.05, 0.1) is 18.8 Å². The molecule has 0 radical (unpaired) electrons. The molecule has 6 N–H and O–H groups in total. The Morgan fingerprint density at radius 2 is 1.88 bits per heavy atom. The largest absolute Gasteiger partial charge is 0.466 e. The number of rotatable bonds is 9. The number of esters is 1. The third kappa shape index (κ3) is 6.86. The van der Waals surface area contributed by atoms with Crippen LogP contribution in [0.4, 0.5) is 5.69 Å². The average Bonchev–Trinajstić information content (AvgIpc) is 3.17. The summed E-state index contributed by atoms with van der Waals surface area (Å²) in [6.07, 6.45) is -0.291. The fraction of sp³-hybridized carbons (Fsp3) is 0.273. The molecule has 1 aliphatic heterocycles. The number of amides is 2. The predicted molar refractivity (Wildman–Crippen MR) is 119 cm³/mol. The SMILES string of the molecule is CCOC(=O)CCc1ccc2c(c1)OC(NC(=O)CNC(=O)c1cccc(N=C(N)N)c1)O2. The van der Waals surface area contributed by atoms with Crippen molar-refractivity contribution in [2.45, 2.75) is 26.2 Å². The zero-order chi connectivity index (χ0) is 23.8. The van der Waals surface area contributed by atoms with Crippen molar-refractivity contribution in [3.8, 4) is 11.5 Å². The van der Waals surface area contributed by atoms with Crippen molar-refractivity contribution in [1.29, 1.82) is 0 Å². The van der Waals surface area contributed by atoms with Gasteiger partial charge in [-0.15, -0.1) is 0 Å². The van der Waals surface area contributed by atoms with Crippen molar-refractivity contribution >= 4 is 29.4 Å². The van der Waals surface area contributed by atoms with Gasteiger partial charge in [-0.1, -0.05) is 12.1 Å². The molecule has 1 unspecified atom stereocenters. The molecule has 2 amide bonds. The van der Waals surface area contributed by atoms with E-state index >= 15 is 0 Å². The summed E-state index contributed by atoms with van der Waals surface area (Å²) in [7, 11) is 0. The quantitative estimate of drug-likeness (QED) is 0.243. The minimum Gasteiger partial charge on any atom is -0.466 e. The van der Waals surface area contributed by atoms with Gasteiger partial charge in [0, 0.05) is 12.0 Å². The van der Waals surface area contributed by atoms with E-state index in [1.807, 2.05) is 6.07 Å². The number of ether oxygens (including phenoxy) is 3. The van der Waals surface area contributed by atoms with Crippen LogP contribution in [0.3, 0.4) is 0 Å². The Kier molecular flexibility index (Phi) is 7.68. The van der Waals surface area contributed by atoms with Crippen LogP contribution < -0.4 is 31.6 Å². The zero-order valence-electron chi connectivity index (χ0n) is 18.0. The minimum atomic E-state index is -1.03. The summed E-state index contributed by atoms with van der Waals surface area (Å²) in [5, 5.41) is 5.03. The fourth-order valence-corrected chi connectivity index (χ4v) is 3.00. The summed E-state index contributed by atoms with van der Waals surface area (Å²) in [4.78, 5) is 39.9. The highest BCUT2D eigenvalue weighted by atomic mass is 16.7. The molecule has 2 aromatic carbocycles. The molecule has 0 bridgehead atoms. The van der Waals surface area contributed by atoms with Crippen LogP contribution in [-0.4, -0.2) is 43.3 Å². The molecule has 1 aliphatic rings. The number of carbonyl (C=O) groups is 3. The normalized spacial score (nSPS) is 13.7. The van der Waals surface area contributed by atoms with E-state index in [0.29, 0.717) is 35.8 Å². The molecule has 0 saturated carbocycles. The Balaban J connectivity index is 1.47. The lowest BCUT2D eigenvalue weighted by molar-refractivity contribution is -0.143. The van der Waals surface area contributed by atoms with Gasteiger partial charge in [-0.05, 0) is 49.2 Å². The lowest BCUT2D eigenvalue weighted by Gasteiger charge is -2.12. The molecule has 0 aliphatic carbocycles. The van der Waals surface area contributed by atoms with Gasteiger partial charge in [0.2, 0.25) is 5.91 Å². The molecule has 0 aromatic heterocycles. The molecule has 33 heavy (non-hydrogen) atoms. The van der Waals surface area contributed by atoms with E-state index in [2.05, 4.69) is 15.6 Å². The highest BCUT2D eigenvalue weighted by Gasteiger charge is 2.26. The van der Waals surface area contributed by atoms with Gasteiger partial charge in [-0.25, -0.2) is 4.99 Å². The van der Waals surface area contributed by atoms with Gasteiger partial charge in [-0.3, -0.25) is 19.7 Å². The van der Waals surface area contributed by atoms with Crippen LogP contribution in [0.25, 0.3) is 0 Å². The first-order chi connectivity index (χ1) is 15.8. The van der Waals surface area contributed by atoms with E-state index in [9.17, 15) is 14.4 Å². The monoisotopic (exact) mass is 455 g/mol. The summed E-state index contributed by atoms with van der Waals surface area (Å²) in [5.74, 6) is -0.478. The van der Waals surface area contributed by atoms with Crippen molar-refractivity contribution in [3.63, 3.8) is 0 Å². The average molecular weight is 455 g/mol. The molecular formula is C22H25N5O6. The standard InChI is InChI=1S/C22H25N5O6/c1-2-31-19(29)9-7-13-6-8-16-17(10-13)33-22(32-16)27-18(28)12-25-20(30)14-4-3-5-15(11-14)26-21(23)24/h3-6,8,10-11,22H,2,7,9,12H2,1H3,(H,25,30)(H,27,28)(H4,23,24,26). The van der Waals surface area contributed by atoms with Crippen LogP contribution in [0.2, 0.25) is 0 Å². The second kappa shape index (κ2) is 10.8. The Labute approximate surface area is 190 Å². The van der Waals surface area contributed by atoms with Crippen molar-refractivity contribution in [3.05, 3.63) is 53.6 Å². The van der Waals surface area contributed by atoms with Crippen LogP contribution in [0.15, 0.2) is 47.5 Å². The number of nitrogens with two attached hydrogens (primary N) is 2. The lowest BCUT2D eigenvalue weighted by Crippen LogP contribution is -2.45. The van der Waals surface area contributed by atoms with Gasteiger partial charge in [-0.2, -0.15) is 0 Å². The Bertz CT molecular complexity index is 1070. The second-order valence-electron chi connectivity index (χ2n) is 6.99. The highest BCUT2D eigenvalue weighted by Crippen LogP contribution is 2.35. The van der Waals surface area contributed by atoms with Crippen molar-refractivity contribution in [1.82, 2.24) is 10.6 Å². The third-order valence-corrected chi connectivity index (χ3v) is 4.45. The summed E-state index contributed by atoms with van der Waals surface area (Å²) >= 11 is 0. The van der Waals surface area contributed by atoms with E-state index in [-0.39, 0.29) is 24.9 Å². The zero-order valence-corrected chi connectivity index (χ0v) is 18.0. The summed E-state index contributed by atoms with van der Waals surface area (Å²) in [6, 6.07) is 11.6. The summed E-state index contributed by atoms with van der Waals surface area (Å²) in [5.41, 5.74) is 12.3. The Morgan fingerprint density at radius 1 is 1.09 bits per heavy atom. The van der Waals surface area contributed by atoms with Crippen LogP contribution in [0.5, 0.6) is 11.5 Å². The summed E-state index contributed by atoms with van der Waals surface area (Å²) < 4.78 is 16.1. The number of nitrogens with zero attached hydrogens (tertiary/aromatic N) is 1. The van der Waals surface area contributed by atoms with E-state index in [4.69, 9.17) is 25.7 Å². The molecule has 2 aromatic rings. The van der Waals surface area contributed by atoms with Gasteiger partial charge in [0.25, 0.3) is 5.91 Å². The van der Waals surface area contributed by atoms with Gasteiger partial charge in [0.1, 0.15) is 0 Å². The first-order valence-corrected chi connectivity index (χ1v) is 10.2. The summed E-state index contributed by atoms with van der Waals surface area (Å²) in [6.45, 7) is 1.80. The minimum absolute atomic E-state index is 0.129. The maximum absolute atomic E-state index is 12.3. The number of nitrogens with one attached hydrogen (secondary N) is 2. The Hall–Kier alpha value is -4.28. The van der Waals surface area contributed by atoms with Crippen molar-refractivity contribution < 1.29 is 28.6 Å². The molecule has 1 atom stereocenters. The number of aliphatic imine (C=N–C) groups is 1. The third-order valence-electron chi connectivity index (χ3n) is 4.45. The number of hydrogen-bond donors (Lipinski definition) is 4. The first-order valence-electron chi connectivity index (χ1n) is 10.2. The number of benzene rings is 2. The molecule has 3 rings (SSSR count). The maximum Gasteiger partial charge on any atom is 0.327 e. The first kappa shape index (κ1) is 23.4. The Morgan fingerprint density at radius 3 is 2.64 bits per heavy atom. The smallest absolute Gasteiger partial charge is 0.327 e. The van der Waals surface area contributed by atoms with Gasteiger partial charge in [0.15, 0.2) is 17.5 Å². The molecule has 11 heteroatoms. The number of guanidine groups is 1. The second-order valence-corrected chi connectivity index (χ2v) is 6.99. The van der Waals surface area contributed by atoms with E-state index in [0.717, 1.165) is 5.56 Å². The topological polar surface area (TPSA) is 167 Å². The molecular weight excluding hydrogens is 430 g/mol. The van der Waals surface area contributed by atoms with E-state index < -0.39 is 18.2 Å². The van der Waals surface area contributed by atoms with Crippen LogP contribution in [-0.2, 0) is 20.7 Å². The van der Waals surface area contributed by atoms with Crippen LogP contribution in [0, 0.1) is 0 Å². The molecule has 0 spiro atoms. The number of carbonyl (C=O) groups excluding carboxylic acids is 3. The molecule has 0 saturated heterocycles. The van der Waals surface area contributed by atoms with Crippen molar-refractivity contribution in [2.24, 2.45) is 16.5 Å². The molecule has 1 heterocycles. The maximum atomic E-state index is 12.3. The van der Waals surface area contributed by atoms with E-state index in [1.54, 1.807) is 37.3 Å². The highest BCUT2D eigenvalue weighted by molar-refractivity contribution is 5.97. The van der Waals surface area contributed by atoms with Crippen LogP contribution in [0.1, 0.15) is 29.3 Å². The number of hydrogen-bond acceptors (Lipinski definition) is 7.